The third-order valence-corrected chi connectivity index (χ3v) is 4.95. The summed E-state index contributed by atoms with van der Waals surface area (Å²) in [5, 5.41) is 3.74. The van der Waals surface area contributed by atoms with Crippen molar-refractivity contribution in [1.29, 1.82) is 0 Å². The first-order valence-electron chi connectivity index (χ1n) is 8.62. The molecule has 0 aromatic heterocycles. The summed E-state index contributed by atoms with van der Waals surface area (Å²) in [6.45, 7) is 11.0. The molecule has 4 atom stereocenters. The summed E-state index contributed by atoms with van der Waals surface area (Å²) in [5.74, 6) is 1.24. The van der Waals surface area contributed by atoms with Gasteiger partial charge in [0.25, 0.3) is 0 Å². The van der Waals surface area contributed by atoms with E-state index in [-0.39, 0.29) is 0 Å². The van der Waals surface area contributed by atoms with Gasteiger partial charge in [-0.15, -0.1) is 0 Å². The normalized spacial score (nSPS) is 25.0. The van der Waals surface area contributed by atoms with Crippen molar-refractivity contribution in [1.82, 2.24) is 5.32 Å². The highest BCUT2D eigenvalue weighted by atomic mass is 16.5. The van der Waals surface area contributed by atoms with Crippen molar-refractivity contribution in [2.45, 2.75) is 65.0 Å². The Morgan fingerprint density at radius 3 is 2.38 bits per heavy atom. The molecule has 1 N–H and O–H groups in total. The van der Waals surface area contributed by atoms with E-state index in [0.717, 1.165) is 19.6 Å². The summed E-state index contributed by atoms with van der Waals surface area (Å²) in [6, 6.07) is 9.68. The van der Waals surface area contributed by atoms with Crippen LogP contribution in [0.3, 0.4) is 0 Å². The molecule has 1 aromatic rings. The number of hydrogen-bond donors (Lipinski definition) is 1. The van der Waals surface area contributed by atoms with Gasteiger partial charge in [0.15, 0.2) is 0 Å². The largest absolute Gasteiger partial charge is 0.378 e. The first-order valence-corrected chi connectivity index (χ1v) is 8.62. The van der Waals surface area contributed by atoms with Crippen molar-refractivity contribution >= 4 is 0 Å². The quantitative estimate of drug-likeness (QED) is 0.788. The average Bonchev–Trinajstić information content (AvgIpc) is 2.94. The molecule has 0 saturated carbocycles. The Labute approximate surface area is 130 Å². The van der Waals surface area contributed by atoms with Gasteiger partial charge in [-0.1, -0.05) is 45.0 Å². The minimum atomic E-state index is 0.355. The molecule has 1 heterocycles. The standard InChI is InChI=1S/C19H31NO/c1-5-12-20-19(18-11-13-21-15(18)4)17-9-7-16(8-10-17)14(3)6-2/h7-10,14-15,18-20H,5-6,11-13H2,1-4H3. The molecule has 0 aliphatic carbocycles. The Bertz CT molecular complexity index is 414. The molecule has 0 spiro atoms. The molecule has 0 bridgehead atoms. The van der Waals surface area contributed by atoms with Crippen LogP contribution in [0.25, 0.3) is 0 Å². The van der Waals surface area contributed by atoms with E-state index in [1.54, 1.807) is 0 Å². The third kappa shape index (κ3) is 4.08. The van der Waals surface area contributed by atoms with Crippen LogP contribution >= 0.6 is 0 Å². The molecule has 1 fully saturated rings. The fourth-order valence-corrected chi connectivity index (χ4v) is 3.27. The maximum atomic E-state index is 5.79. The van der Waals surface area contributed by atoms with Gasteiger partial charge >= 0.3 is 0 Å². The molecule has 118 valence electrons. The summed E-state index contributed by atoms with van der Waals surface area (Å²) in [5.41, 5.74) is 2.86. The number of ether oxygens (including phenoxy) is 1. The summed E-state index contributed by atoms with van der Waals surface area (Å²) in [4.78, 5) is 0. The maximum Gasteiger partial charge on any atom is 0.0594 e. The Morgan fingerprint density at radius 2 is 1.86 bits per heavy atom. The van der Waals surface area contributed by atoms with Crippen LogP contribution in [0.2, 0.25) is 0 Å². The Kier molecular flexibility index (Phi) is 6.25. The van der Waals surface area contributed by atoms with E-state index in [1.807, 2.05) is 0 Å². The van der Waals surface area contributed by atoms with Gasteiger partial charge in [-0.05, 0) is 49.8 Å². The maximum absolute atomic E-state index is 5.79. The molecular formula is C19H31NO. The minimum absolute atomic E-state index is 0.355. The first-order chi connectivity index (χ1) is 10.2. The zero-order valence-corrected chi connectivity index (χ0v) is 14.1. The van der Waals surface area contributed by atoms with Crippen molar-refractivity contribution in [2.24, 2.45) is 5.92 Å². The molecule has 2 heteroatoms. The molecule has 2 rings (SSSR count). The zero-order valence-electron chi connectivity index (χ0n) is 14.1. The van der Waals surface area contributed by atoms with Gasteiger partial charge in [0.2, 0.25) is 0 Å². The number of hydrogen-bond acceptors (Lipinski definition) is 2. The summed E-state index contributed by atoms with van der Waals surface area (Å²) in [6.07, 6.45) is 3.89. The van der Waals surface area contributed by atoms with Crippen LogP contribution in [0.4, 0.5) is 0 Å². The second-order valence-corrected chi connectivity index (χ2v) is 6.44. The van der Waals surface area contributed by atoms with Crippen molar-refractivity contribution in [3.05, 3.63) is 35.4 Å². The zero-order chi connectivity index (χ0) is 15.2. The fraction of sp³-hybridized carbons (Fsp3) is 0.684. The van der Waals surface area contributed by atoms with Gasteiger partial charge in [-0.25, -0.2) is 0 Å². The van der Waals surface area contributed by atoms with E-state index in [9.17, 15) is 0 Å². The summed E-state index contributed by atoms with van der Waals surface area (Å²) < 4.78 is 5.79. The lowest BCUT2D eigenvalue weighted by Crippen LogP contribution is -2.32. The van der Waals surface area contributed by atoms with Crippen molar-refractivity contribution in [2.75, 3.05) is 13.2 Å². The second kappa shape index (κ2) is 7.95. The Balaban J connectivity index is 2.15. The summed E-state index contributed by atoms with van der Waals surface area (Å²) >= 11 is 0. The molecule has 1 saturated heterocycles. The van der Waals surface area contributed by atoms with Crippen LogP contribution in [0.5, 0.6) is 0 Å². The molecule has 1 aliphatic heterocycles. The smallest absolute Gasteiger partial charge is 0.0594 e. The molecule has 1 aromatic carbocycles. The van der Waals surface area contributed by atoms with Crippen LogP contribution in [-0.4, -0.2) is 19.3 Å². The van der Waals surface area contributed by atoms with E-state index in [1.165, 1.54) is 24.0 Å². The van der Waals surface area contributed by atoms with Crippen molar-refractivity contribution in [3.8, 4) is 0 Å². The van der Waals surface area contributed by atoms with E-state index in [0.29, 0.717) is 24.0 Å². The lowest BCUT2D eigenvalue weighted by molar-refractivity contribution is 0.0954. The lowest BCUT2D eigenvalue weighted by Gasteiger charge is -2.28. The molecule has 21 heavy (non-hydrogen) atoms. The van der Waals surface area contributed by atoms with Gasteiger partial charge in [-0.2, -0.15) is 0 Å². The predicted octanol–water partition coefficient (Wildman–Crippen LogP) is 4.67. The van der Waals surface area contributed by atoms with Gasteiger partial charge in [0, 0.05) is 18.6 Å². The Morgan fingerprint density at radius 1 is 1.19 bits per heavy atom. The monoisotopic (exact) mass is 289 g/mol. The SMILES string of the molecule is CCCNC(c1ccc(C(C)CC)cc1)C1CCOC1C. The number of nitrogens with one attached hydrogen (secondary N) is 1. The molecule has 4 unspecified atom stereocenters. The van der Waals surface area contributed by atoms with E-state index in [2.05, 4.69) is 57.3 Å². The van der Waals surface area contributed by atoms with E-state index < -0.39 is 0 Å². The summed E-state index contributed by atoms with van der Waals surface area (Å²) in [7, 11) is 0. The third-order valence-electron chi connectivity index (χ3n) is 4.95. The fourth-order valence-electron chi connectivity index (χ4n) is 3.27. The highest BCUT2D eigenvalue weighted by Crippen LogP contribution is 2.34. The van der Waals surface area contributed by atoms with Crippen molar-refractivity contribution < 1.29 is 4.74 Å². The predicted molar refractivity (Wildman–Crippen MR) is 89.7 cm³/mol. The topological polar surface area (TPSA) is 21.3 Å². The van der Waals surface area contributed by atoms with Gasteiger partial charge in [0.1, 0.15) is 0 Å². The van der Waals surface area contributed by atoms with Crippen LogP contribution < -0.4 is 5.32 Å². The highest BCUT2D eigenvalue weighted by Gasteiger charge is 2.32. The molecule has 0 amide bonds. The number of rotatable bonds is 7. The molecule has 1 aliphatic rings. The average molecular weight is 289 g/mol. The Hall–Kier alpha value is -0.860. The van der Waals surface area contributed by atoms with Gasteiger partial charge in [-0.3, -0.25) is 0 Å². The lowest BCUT2D eigenvalue weighted by atomic mass is 9.87. The molecule has 0 radical (unpaired) electrons. The van der Waals surface area contributed by atoms with Gasteiger partial charge in [0.05, 0.1) is 6.10 Å². The molecule has 2 nitrogen and oxygen atoms in total. The van der Waals surface area contributed by atoms with Gasteiger partial charge < -0.3 is 10.1 Å². The van der Waals surface area contributed by atoms with Crippen molar-refractivity contribution in [3.63, 3.8) is 0 Å². The first kappa shape index (κ1) is 16.5. The minimum Gasteiger partial charge on any atom is -0.378 e. The van der Waals surface area contributed by atoms with Crippen LogP contribution in [-0.2, 0) is 4.74 Å². The van der Waals surface area contributed by atoms with Crippen LogP contribution in [0.1, 0.15) is 70.0 Å². The molecular weight excluding hydrogens is 258 g/mol. The van der Waals surface area contributed by atoms with Crippen LogP contribution in [0.15, 0.2) is 24.3 Å². The van der Waals surface area contributed by atoms with E-state index in [4.69, 9.17) is 4.74 Å². The second-order valence-electron chi connectivity index (χ2n) is 6.44. The number of benzene rings is 1. The van der Waals surface area contributed by atoms with E-state index >= 15 is 0 Å². The highest BCUT2D eigenvalue weighted by molar-refractivity contribution is 5.28. The van der Waals surface area contributed by atoms with Crippen LogP contribution in [0, 0.1) is 5.92 Å².